The molecular weight excluding hydrogens is 375 g/mol. The SMILES string of the molecule is Cc1cc(C)c(C(=O)OC(=O)c2cc3n(n2)[C@@H](C(F)(F)F)C[C@@H](C)N3)cc1C. The summed E-state index contributed by atoms with van der Waals surface area (Å²) >= 11 is 0. The number of hydrogen-bond acceptors (Lipinski definition) is 5. The van der Waals surface area contributed by atoms with Gasteiger partial charge < -0.3 is 10.1 Å². The number of anilines is 1. The largest absolute Gasteiger partial charge is 0.410 e. The second-order valence-corrected chi connectivity index (χ2v) is 7.13. The van der Waals surface area contributed by atoms with Crippen LogP contribution in [0.4, 0.5) is 19.0 Å². The lowest BCUT2D eigenvalue weighted by Crippen LogP contribution is -2.37. The van der Waals surface area contributed by atoms with Crippen LogP contribution in [0.5, 0.6) is 0 Å². The van der Waals surface area contributed by atoms with Crippen LogP contribution in [0.2, 0.25) is 0 Å². The van der Waals surface area contributed by atoms with Crippen LogP contribution in [0.3, 0.4) is 0 Å². The Balaban J connectivity index is 1.85. The lowest BCUT2D eigenvalue weighted by atomic mass is 10.0. The molecule has 150 valence electrons. The molecule has 2 aromatic rings. The molecule has 1 aliphatic heterocycles. The number of halogens is 3. The molecule has 3 rings (SSSR count). The molecule has 0 amide bonds. The van der Waals surface area contributed by atoms with Crippen molar-refractivity contribution < 1.29 is 27.5 Å². The Morgan fingerprint density at radius 1 is 1.11 bits per heavy atom. The number of benzene rings is 1. The zero-order valence-corrected chi connectivity index (χ0v) is 15.8. The smallest absolute Gasteiger partial charge is 0.384 e. The van der Waals surface area contributed by atoms with E-state index in [9.17, 15) is 22.8 Å². The van der Waals surface area contributed by atoms with Crippen LogP contribution in [0.1, 0.15) is 56.9 Å². The first kappa shape index (κ1) is 19.9. The zero-order valence-electron chi connectivity index (χ0n) is 15.8. The molecule has 0 aliphatic carbocycles. The standard InChI is InChI=1S/C19H20F3N3O3/c1-9-5-11(3)13(6-10(9)2)17(26)28-18(27)14-8-16-23-12(4)7-15(19(20,21)22)25(16)24-14/h5-6,8,12,15,23H,7H2,1-4H3/t12-,15-/m1/s1. The lowest BCUT2D eigenvalue weighted by molar-refractivity contribution is -0.173. The summed E-state index contributed by atoms with van der Waals surface area (Å²) in [6, 6.07) is 2.28. The number of carbonyl (C=O) groups is 2. The zero-order chi connectivity index (χ0) is 20.8. The van der Waals surface area contributed by atoms with E-state index in [1.54, 1.807) is 26.0 Å². The van der Waals surface area contributed by atoms with E-state index in [1.807, 2.05) is 13.8 Å². The molecule has 1 aliphatic rings. The van der Waals surface area contributed by atoms with Gasteiger partial charge in [0.25, 0.3) is 0 Å². The fourth-order valence-corrected chi connectivity index (χ4v) is 3.23. The molecule has 2 atom stereocenters. The van der Waals surface area contributed by atoms with E-state index in [1.165, 1.54) is 0 Å². The number of alkyl halides is 3. The van der Waals surface area contributed by atoms with E-state index >= 15 is 0 Å². The molecule has 9 heteroatoms. The van der Waals surface area contributed by atoms with E-state index in [0.717, 1.165) is 21.9 Å². The Bertz CT molecular complexity index is 950. The van der Waals surface area contributed by atoms with Gasteiger partial charge in [-0.2, -0.15) is 18.3 Å². The summed E-state index contributed by atoms with van der Waals surface area (Å²) in [6.07, 6.45) is -4.72. The Kier molecular flexibility index (Phi) is 4.95. The van der Waals surface area contributed by atoms with Gasteiger partial charge >= 0.3 is 18.1 Å². The van der Waals surface area contributed by atoms with Gasteiger partial charge in [-0.05, 0) is 56.9 Å². The number of aryl methyl sites for hydroxylation is 3. The highest BCUT2D eigenvalue weighted by Crippen LogP contribution is 2.39. The Morgan fingerprint density at radius 2 is 1.75 bits per heavy atom. The van der Waals surface area contributed by atoms with Gasteiger partial charge in [0.05, 0.1) is 5.56 Å². The quantitative estimate of drug-likeness (QED) is 0.612. The maximum atomic E-state index is 13.3. The van der Waals surface area contributed by atoms with E-state index in [-0.39, 0.29) is 23.5 Å². The Morgan fingerprint density at radius 3 is 2.39 bits per heavy atom. The number of rotatable bonds is 2. The van der Waals surface area contributed by atoms with Crippen molar-refractivity contribution in [2.24, 2.45) is 0 Å². The third kappa shape index (κ3) is 3.74. The number of aromatic nitrogens is 2. The van der Waals surface area contributed by atoms with Gasteiger partial charge in [0.2, 0.25) is 0 Å². The Labute approximate surface area is 159 Å². The lowest BCUT2D eigenvalue weighted by Gasteiger charge is -2.31. The van der Waals surface area contributed by atoms with Crippen molar-refractivity contribution in [1.29, 1.82) is 0 Å². The highest BCUT2D eigenvalue weighted by Gasteiger charge is 2.45. The van der Waals surface area contributed by atoms with Gasteiger partial charge in [-0.1, -0.05) is 6.07 Å². The number of fused-ring (bicyclic) bond motifs is 1. The molecule has 1 aromatic carbocycles. The van der Waals surface area contributed by atoms with E-state index in [2.05, 4.69) is 10.4 Å². The summed E-state index contributed by atoms with van der Waals surface area (Å²) in [4.78, 5) is 24.7. The molecule has 0 fully saturated rings. The van der Waals surface area contributed by atoms with E-state index < -0.39 is 30.2 Å². The van der Waals surface area contributed by atoms with E-state index in [0.29, 0.717) is 5.56 Å². The number of nitrogens with one attached hydrogen (secondary N) is 1. The number of hydrogen-bond donors (Lipinski definition) is 1. The van der Waals surface area contributed by atoms with Crippen LogP contribution in [0.15, 0.2) is 18.2 Å². The topological polar surface area (TPSA) is 73.2 Å². The summed E-state index contributed by atoms with van der Waals surface area (Å²) in [5, 5.41) is 6.59. The average Bonchev–Trinajstić information content (AvgIpc) is 3.00. The highest BCUT2D eigenvalue weighted by atomic mass is 19.4. The maximum absolute atomic E-state index is 13.3. The molecule has 6 nitrogen and oxygen atoms in total. The van der Waals surface area contributed by atoms with Crippen LogP contribution in [-0.2, 0) is 4.74 Å². The molecular formula is C19H20F3N3O3. The van der Waals surface area contributed by atoms with Gasteiger partial charge in [0.15, 0.2) is 11.7 Å². The summed E-state index contributed by atoms with van der Waals surface area (Å²) in [5.74, 6) is -1.91. The molecule has 0 saturated carbocycles. The normalized spacial score (nSPS) is 19.0. The fourth-order valence-electron chi connectivity index (χ4n) is 3.23. The van der Waals surface area contributed by atoms with Crippen molar-refractivity contribution in [2.75, 3.05) is 5.32 Å². The van der Waals surface area contributed by atoms with Gasteiger partial charge in [-0.25, -0.2) is 14.3 Å². The fraction of sp³-hybridized carbons (Fsp3) is 0.421. The molecule has 0 saturated heterocycles. The van der Waals surface area contributed by atoms with Crippen molar-refractivity contribution in [3.8, 4) is 0 Å². The first-order chi connectivity index (χ1) is 13.0. The van der Waals surface area contributed by atoms with Crippen molar-refractivity contribution in [2.45, 2.75) is 52.4 Å². The van der Waals surface area contributed by atoms with Crippen LogP contribution in [0, 0.1) is 20.8 Å². The third-order valence-corrected chi connectivity index (χ3v) is 4.84. The maximum Gasteiger partial charge on any atom is 0.410 e. The predicted octanol–water partition coefficient (Wildman–Crippen LogP) is 4.11. The van der Waals surface area contributed by atoms with Gasteiger partial charge in [-0.3, -0.25) is 0 Å². The molecule has 1 aromatic heterocycles. The third-order valence-electron chi connectivity index (χ3n) is 4.84. The Hall–Kier alpha value is -2.84. The van der Waals surface area contributed by atoms with Crippen molar-refractivity contribution >= 4 is 17.8 Å². The molecule has 0 radical (unpaired) electrons. The summed E-state index contributed by atoms with van der Waals surface area (Å²) in [5.41, 5.74) is 2.34. The minimum atomic E-state index is -4.51. The number of nitrogens with zero attached hydrogens (tertiary/aromatic N) is 2. The molecule has 0 spiro atoms. The molecule has 2 heterocycles. The van der Waals surface area contributed by atoms with Gasteiger partial charge in [0.1, 0.15) is 5.82 Å². The predicted molar refractivity (Wildman–Crippen MR) is 95.4 cm³/mol. The average molecular weight is 395 g/mol. The first-order valence-corrected chi connectivity index (χ1v) is 8.74. The molecule has 0 bridgehead atoms. The van der Waals surface area contributed by atoms with Crippen LogP contribution in [-0.4, -0.2) is 33.9 Å². The second-order valence-electron chi connectivity index (χ2n) is 7.13. The van der Waals surface area contributed by atoms with Crippen LogP contribution in [0.25, 0.3) is 0 Å². The van der Waals surface area contributed by atoms with Crippen molar-refractivity contribution in [1.82, 2.24) is 9.78 Å². The molecule has 1 N–H and O–H groups in total. The van der Waals surface area contributed by atoms with Gasteiger partial charge in [-0.15, -0.1) is 0 Å². The number of carbonyl (C=O) groups excluding carboxylic acids is 2. The summed E-state index contributed by atoms with van der Waals surface area (Å²) < 4.78 is 45.5. The minimum absolute atomic E-state index is 0.0582. The van der Waals surface area contributed by atoms with Gasteiger partial charge in [0, 0.05) is 12.1 Å². The van der Waals surface area contributed by atoms with Crippen molar-refractivity contribution in [3.63, 3.8) is 0 Å². The van der Waals surface area contributed by atoms with E-state index in [4.69, 9.17) is 4.74 Å². The highest BCUT2D eigenvalue weighted by molar-refractivity contribution is 6.02. The monoisotopic (exact) mass is 395 g/mol. The number of ether oxygens (including phenoxy) is 1. The second kappa shape index (κ2) is 6.96. The molecule has 0 unspecified atom stereocenters. The van der Waals surface area contributed by atoms with Crippen LogP contribution >= 0.6 is 0 Å². The summed E-state index contributed by atoms with van der Waals surface area (Å²) in [7, 11) is 0. The first-order valence-electron chi connectivity index (χ1n) is 8.74. The summed E-state index contributed by atoms with van der Waals surface area (Å²) in [6.45, 7) is 7.03. The minimum Gasteiger partial charge on any atom is -0.384 e. The van der Waals surface area contributed by atoms with Crippen molar-refractivity contribution in [3.05, 3.63) is 46.1 Å². The van der Waals surface area contributed by atoms with Crippen LogP contribution < -0.4 is 5.32 Å². The molecule has 28 heavy (non-hydrogen) atoms. The number of esters is 2.